The predicted octanol–water partition coefficient (Wildman–Crippen LogP) is 4.88. The fourth-order valence-corrected chi connectivity index (χ4v) is 2.46. The second-order valence-electron chi connectivity index (χ2n) is 5.10. The van der Waals surface area contributed by atoms with E-state index in [0.717, 1.165) is 11.3 Å². The van der Waals surface area contributed by atoms with Gasteiger partial charge in [0.15, 0.2) is 5.15 Å². The van der Waals surface area contributed by atoms with Crippen LogP contribution in [0, 0.1) is 0 Å². The molecule has 122 valence electrons. The molecule has 0 saturated carbocycles. The van der Waals surface area contributed by atoms with E-state index in [9.17, 15) is 4.79 Å². The number of anilines is 2. The summed E-state index contributed by atoms with van der Waals surface area (Å²) in [6.45, 7) is 0.551. The van der Waals surface area contributed by atoms with Gasteiger partial charge in [0.1, 0.15) is 5.15 Å². The van der Waals surface area contributed by atoms with Crippen LogP contribution in [0.15, 0.2) is 60.9 Å². The fourth-order valence-electron chi connectivity index (χ4n) is 2.16. The number of halogens is 2. The molecule has 0 unspecified atom stereocenters. The zero-order valence-electron chi connectivity index (χ0n) is 12.5. The quantitative estimate of drug-likeness (QED) is 0.696. The highest BCUT2D eigenvalue weighted by Gasteiger charge is 2.07. The Hall–Kier alpha value is -2.50. The van der Waals surface area contributed by atoms with Crippen LogP contribution in [-0.4, -0.2) is 15.6 Å². The summed E-state index contributed by atoms with van der Waals surface area (Å²) in [5.41, 5.74) is 2.44. The van der Waals surface area contributed by atoms with E-state index in [4.69, 9.17) is 23.2 Å². The van der Waals surface area contributed by atoms with Crippen LogP contribution in [0.1, 0.15) is 5.56 Å². The summed E-state index contributed by atoms with van der Waals surface area (Å²) in [6.07, 6.45) is 1.59. The minimum Gasteiger partial charge on any atom is -0.316 e. The number of carbonyl (C=O) groups is 1. The summed E-state index contributed by atoms with van der Waals surface area (Å²) in [4.78, 5) is 15.9. The molecule has 0 aliphatic heterocycles. The summed E-state index contributed by atoms with van der Waals surface area (Å²) in [5, 5.41) is 6.23. The van der Waals surface area contributed by atoms with Crippen molar-refractivity contribution in [2.24, 2.45) is 0 Å². The average Bonchev–Trinajstić information content (AvgIpc) is 2.89. The van der Waals surface area contributed by atoms with Gasteiger partial charge in [-0.3, -0.25) is 0 Å². The predicted molar refractivity (Wildman–Crippen MR) is 96.9 cm³/mol. The molecule has 7 heteroatoms. The van der Waals surface area contributed by atoms with E-state index >= 15 is 0 Å². The summed E-state index contributed by atoms with van der Waals surface area (Å²) in [5.74, 6) is 0. The Bertz CT molecular complexity index is 832. The number of amides is 2. The largest absolute Gasteiger partial charge is 0.323 e. The highest BCUT2D eigenvalue weighted by atomic mass is 35.5. The van der Waals surface area contributed by atoms with Crippen LogP contribution in [0.5, 0.6) is 0 Å². The second kappa shape index (κ2) is 7.38. The number of aromatic nitrogens is 2. The number of carbonyl (C=O) groups excluding carboxylic acids is 1. The summed E-state index contributed by atoms with van der Waals surface area (Å²) in [7, 11) is 0. The maximum absolute atomic E-state index is 11.9. The van der Waals surface area contributed by atoms with E-state index in [0.29, 0.717) is 17.4 Å². The van der Waals surface area contributed by atoms with E-state index in [1.807, 2.05) is 54.6 Å². The highest BCUT2D eigenvalue weighted by molar-refractivity contribution is 6.40. The first-order valence-electron chi connectivity index (χ1n) is 7.20. The van der Waals surface area contributed by atoms with Crippen LogP contribution >= 0.6 is 23.2 Å². The van der Waals surface area contributed by atoms with Gasteiger partial charge in [0, 0.05) is 17.9 Å². The van der Waals surface area contributed by atoms with Crippen molar-refractivity contribution in [2.45, 2.75) is 6.54 Å². The average molecular weight is 361 g/mol. The number of imidazole rings is 1. The zero-order valence-corrected chi connectivity index (χ0v) is 14.1. The maximum atomic E-state index is 11.9. The lowest BCUT2D eigenvalue weighted by atomic mass is 10.2. The molecule has 3 rings (SSSR count). The van der Waals surface area contributed by atoms with E-state index in [1.165, 1.54) is 0 Å². The fraction of sp³-hybridized carbons (Fsp3) is 0.0588. The molecule has 0 spiro atoms. The Morgan fingerprint density at radius 2 is 1.58 bits per heavy atom. The standard InChI is InChI=1S/C17H14Cl2N4O/c18-15-16(19)23(11-20-15)10-12-6-8-14(9-7-12)22-17(24)21-13-4-2-1-3-5-13/h1-9,11H,10H2,(H2,21,22,24). The van der Waals surface area contributed by atoms with Crippen LogP contribution in [0.25, 0.3) is 0 Å². The summed E-state index contributed by atoms with van der Waals surface area (Å²) in [6, 6.07) is 16.4. The van der Waals surface area contributed by atoms with Crippen LogP contribution in [0.4, 0.5) is 16.2 Å². The van der Waals surface area contributed by atoms with Crippen LogP contribution < -0.4 is 10.6 Å². The van der Waals surface area contributed by atoms with Gasteiger partial charge in [-0.2, -0.15) is 0 Å². The third kappa shape index (κ3) is 4.07. The van der Waals surface area contributed by atoms with Crippen molar-refractivity contribution in [1.82, 2.24) is 9.55 Å². The third-order valence-corrected chi connectivity index (χ3v) is 4.10. The number of urea groups is 1. The lowest BCUT2D eigenvalue weighted by molar-refractivity contribution is 0.262. The Morgan fingerprint density at radius 3 is 2.17 bits per heavy atom. The van der Waals surface area contributed by atoms with Crippen LogP contribution in [0.3, 0.4) is 0 Å². The van der Waals surface area contributed by atoms with Crippen molar-refractivity contribution in [3.63, 3.8) is 0 Å². The molecule has 0 bridgehead atoms. The highest BCUT2D eigenvalue weighted by Crippen LogP contribution is 2.21. The molecule has 2 N–H and O–H groups in total. The van der Waals surface area contributed by atoms with E-state index < -0.39 is 0 Å². The van der Waals surface area contributed by atoms with Crippen molar-refractivity contribution >= 4 is 40.6 Å². The first kappa shape index (κ1) is 16.4. The molecule has 0 fully saturated rings. The first-order valence-corrected chi connectivity index (χ1v) is 7.95. The summed E-state index contributed by atoms with van der Waals surface area (Å²) < 4.78 is 1.74. The van der Waals surface area contributed by atoms with Gasteiger partial charge in [0.05, 0.1) is 6.33 Å². The number of hydrogen-bond acceptors (Lipinski definition) is 2. The van der Waals surface area contributed by atoms with Gasteiger partial charge in [-0.05, 0) is 29.8 Å². The zero-order chi connectivity index (χ0) is 16.9. The number of rotatable bonds is 4. The van der Waals surface area contributed by atoms with Gasteiger partial charge in [-0.25, -0.2) is 9.78 Å². The Kier molecular flexibility index (Phi) is 5.03. The van der Waals surface area contributed by atoms with Crippen molar-refractivity contribution in [1.29, 1.82) is 0 Å². The van der Waals surface area contributed by atoms with Crippen molar-refractivity contribution in [3.05, 3.63) is 76.8 Å². The van der Waals surface area contributed by atoms with Crippen LogP contribution in [0.2, 0.25) is 10.3 Å². The second-order valence-corrected chi connectivity index (χ2v) is 5.81. The maximum Gasteiger partial charge on any atom is 0.323 e. The molecule has 24 heavy (non-hydrogen) atoms. The molecule has 2 amide bonds. The smallest absolute Gasteiger partial charge is 0.316 e. The minimum atomic E-state index is -0.293. The number of nitrogens with one attached hydrogen (secondary N) is 2. The SMILES string of the molecule is O=C(Nc1ccccc1)Nc1ccc(Cn2cnc(Cl)c2Cl)cc1. The lowest BCUT2D eigenvalue weighted by Gasteiger charge is -2.09. The Morgan fingerprint density at radius 1 is 0.958 bits per heavy atom. The molecule has 2 aromatic carbocycles. The number of nitrogens with zero attached hydrogens (tertiary/aromatic N) is 2. The monoisotopic (exact) mass is 360 g/mol. The van der Waals surface area contributed by atoms with E-state index in [2.05, 4.69) is 15.6 Å². The van der Waals surface area contributed by atoms with E-state index in [1.54, 1.807) is 10.9 Å². The number of para-hydroxylation sites is 1. The molecule has 0 aliphatic carbocycles. The van der Waals surface area contributed by atoms with Gasteiger partial charge >= 0.3 is 6.03 Å². The van der Waals surface area contributed by atoms with Crippen LogP contribution in [-0.2, 0) is 6.54 Å². The van der Waals surface area contributed by atoms with Gasteiger partial charge in [0.2, 0.25) is 0 Å². The van der Waals surface area contributed by atoms with Crippen molar-refractivity contribution in [3.8, 4) is 0 Å². The Balaban J connectivity index is 1.60. The lowest BCUT2D eigenvalue weighted by Crippen LogP contribution is -2.19. The van der Waals surface area contributed by atoms with Gasteiger partial charge in [0.25, 0.3) is 0 Å². The molecule has 3 aromatic rings. The molecule has 0 radical (unpaired) electrons. The topological polar surface area (TPSA) is 59.0 Å². The molecular formula is C17H14Cl2N4O. The van der Waals surface area contributed by atoms with Gasteiger partial charge in [-0.1, -0.05) is 53.5 Å². The summed E-state index contributed by atoms with van der Waals surface area (Å²) >= 11 is 11.9. The minimum absolute atomic E-state index is 0.285. The van der Waals surface area contributed by atoms with E-state index in [-0.39, 0.29) is 11.2 Å². The normalized spacial score (nSPS) is 10.4. The molecule has 5 nitrogen and oxygen atoms in total. The first-order chi connectivity index (χ1) is 11.6. The molecule has 0 saturated heterocycles. The Labute approximate surface area is 149 Å². The molecule has 0 atom stereocenters. The molecule has 1 heterocycles. The molecule has 0 aliphatic rings. The molecular weight excluding hydrogens is 347 g/mol. The third-order valence-electron chi connectivity index (χ3n) is 3.33. The van der Waals surface area contributed by atoms with Gasteiger partial charge in [-0.15, -0.1) is 0 Å². The van der Waals surface area contributed by atoms with Crippen molar-refractivity contribution in [2.75, 3.05) is 10.6 Å². The number of benzene rings is 2. The van der Waals surface area contributed by atoms with Gasteiger partial charge < -0.3 is 15.2 Å². The molecule has 1 aromatic heterocycles. The van der Waals surface area contributed by atoms with Crippen molar-refractivity contribution < 1.29 is 4.79 Å². The number of hydrogen-bond donors (Lipinski definition) is 2.